The molecule has 3 saturated heterocycles. The second-order valence-electron chi connectivity index (χ2n) is 22.5. The van der Waals surface area contributed by atoms with Gasteiger partial charge in [0.1, 0.15) is 29.2 Å². The van der Waals surface area contributed by atoms with E-state index in [1.165, 1.54) is 33.3 Å². The van der Waals surface area contributed by atoms with Crippen LogP contribution in [0.25, 0.3) is 6.08 Å². The molecular formula is C57H89N5O16. The third-order valence-corrected chi connectivity index (χ3v) is 15.7. The summed E-state index contributed by atoms with van der Waals surface area (Å²) in [7, 11) is 8.51. The fourth-order valence-corrected chi connectivity index (χ4v) is 11.3. The quantitative estimate of drug-likeness (QED) is 0.0606. The number of ether oxygens (including phenoxy) is 9. The molecule has 0 aromatic heterocycles. The Bertz CT molecular complexity index is 2290. The normalized spacial score (nSPS) is 36.6. The number of hydrazine groups is 1. The molecule has 0 saturated carbocycles. The molecule has 0 aliphatic carbocycles. The van der Waals surface area contributed by atoms with Gasteiger partial charge >= 0.3 is 18.2 Å². The lowest BCUT2D eigenvalue weighted by molar-refractivity contribution is -0.317. The van der Waals surface area contributed by atoms with E-state index in [0.717, 1.165) is 5.56 Å². The van der Waals surface area contributed by atoms with Crippen LogP contribution in [0.3, 0.4) is 0 Å². The van der Waals surface area contributed by atoms with Crippen molar-refractivity contribution in [3.8, 4) is 5.75 Å². The molecule has 21 nitrogen and oxygen atoms in total. The second kappa shape index (κ2) is 28.0. The Labute approximate surface area is 460 Å². The molecule has 78 heavy (non-hydrogen) atoms. The minimum absolute atomic E-state index is 0.0575. The zero-order valence-corrected chi connectivity index (χ0v) is 48.3. The van der Waals surface area contributed by atoms with Gasteiger partial charge in [0.05, 0.1) is 43.0 Å². The Morgan fingerprint density at radius 2 is 1.51 bits per heavy atom. The molecule has 18 atom stereocenters. The van der Waals surface area contributed by atoms with Crippen molar-refractivity contribution in [2.45, 2.75) is 192 Å². The number of carbonyl (C=O) groups is 4. The van der Waals surface area contributed by atoms with E-state index in [2.05, 4.69) is 16.2 Å². The zero-order valence-electron chi connectivity index (χ0n) is 48.3. The first-order chi connectivity index (χ1) is 36.7. The van der Waals surface area contributed by atoms with Gasteiger partial charge in [0, 0.05) is 56.3 Å². The number of nitrogens with one attached hydrogen (secondary N) is 3. The number of carbonyl (C=O) groups excluding carboxylic acids is 4. The average molecular weight is 1100 g/mol. The van der Waals surface area contributed by atoms with Gasteiger partial charge in [0.2, 0.25) is 0 Å². The van der Waals surface area contributed by atoms with Crippen LogP contribution in [0.1, 0.15) is 106 Å². The number of hydrogen-bond donors (Lipinski definition) is 6. The van der Waals surface area contributed by atoms with E-state index in [0.29, 0.717) is 24.3 Å². The molecule has 5 rings (SSSR count). The largest absolute Gasteiger partial charge is 0.496 e. The molecule has 3 fully saturated rings. The van der Waals surface area contributed by atoms with Crippen LogP contribution < -0.4 is 20.9 Å². The molecule has 3 heterocycles. The number of para-hydroxylation sites is 1. The van der Waals surface area contributed by atoms with Gasteiger partial charge in [-0.05, 0) is 112 Å². The maximum atomic E-state index is 14.9. The van der Waals surface area contributed by atoms with Crippen molar-refractivity contribution < 1.29 is 77.1 Å². The van der Waals surface area contributed by atoms with Gasteiger partial charge in [-0.15, -0.1) is 0 Å². The Morgan fingerprint density at radius 1 is 0.859 bits per heavy atom. The molecule has 0 unspecified atom stereocenters. The van der Waals surface area contributed by atoms with E-state index < -0.39 is 114 Å². The molecule has 0 bridgehead atoms. The Morgan fingerprint density at radius 3 is 2.15 bits per heavy atom. The van der Waals surface area contributed by atoms with E-state index >= 15 is 0 Å². The van der Waals surface area contributed by atoms with Gasteiger partial charge in [0.15, 0.2) is 24.8 Å². The van der Waals surface area contributed by atoms with Crippen LogP contribution >= 0.6 is 0 Å². The Hall–Kier alpha value is -4.94. The van der Waals surface area contributed by atoms with E-state index in [4.69, 9.17) is 42.6 Å². The van der Waals surface area contributed by atoms with Gasteiger partial charge < -0.3 is 68.2 Å². The number of amides is 3. The number of aliphatic hydroxyl groups is 3. The number of methoxy groups -OCH3 is 2. The van der Waals surface area contributed by atoms with Gasteiger partial charge in [0.25, 0.3) is 5.91 Å². The molecule has 0 radical (unpaired) electrons. The van der Waals surface area contributed by atoms with Crippen LogP contribution in [-0.4, -0.2) is 181 Å². The van der Waals surface area contributed by atoms with Gasteiger partial charge in [-0.25, -0.2) is 15.0 Å². The van der Waals surface area contributed by atoms with Crippen molar-refractivity contribution >= 4 is 30.1 Å². The van der Waals surface area contributed by atoms with Crippen molar-refractivity contribution in [2.24, 2.45) is 17.8 Å². The van der Waals surface area contributed by atoms with Crippen LogP contribution in [0.2, 0.25) is 0 Å². The van der Waals surface area contributed by atoms with Crippen LogP contribution in [0.4, 0.5) is 9.59 Å². The molecule has 21 heteroatoms. The van der Waals surface area contributed by atoms with E-state index in [9.17, 15) is 34.5 Å². The summed E-state index contributed by atoms with van der Waals surface area (Å²) in [6.45, 7) is 17.8. The lowest BCUT2D eigenvalue weighted by Crippen LogP contribution is -2.61. The summed E-state index contributed by atoms with van der Waals surface area (Å²) in [4.78, 5) is 58.4. The number of benzene rings is 2. The molecule has 2 aromatic rings. The predicted molar refractivity (Wildman–Crippen MR) is 289 cm³/mol. The molecule has 6 N–H and O–H groups in total. The van der Waals surface area contributed by atoms with E-state index in [-0.39, 0.29) is 43.9 Å². The van der Waals surface area contributed by atoms with E-state index in [1.54, 1.807) is 65.8 Å². The summed E-state index contributed by atoms with van der Waals surface area (Å²) >= 11 is 0. The first-order valence-corrected chi connectivity index (χ1v) is 27.1. The zero-order chi connectivity index (χ0) is 57.9. The molecule has 438 valence electrons. The summed E-state index contributed by atoms with van der Waals surface area (Å²) in [5, 5.41) is 40.2. The maximum absolute atomic E-state index is 14.9. The minimum atomic E-state index is -1.96. The highest BCUT2D eigenvalue weighted by Crippen LogP contribution is 2.41. The lowest BCUT2D eigenvalue weighted by atomic mass is 9.77. The Balaban J connectivity index is 1.48. The number of likely N-dealkylation sites (N-methyl/N-ethyl adjacent to an activating group) is 2. The third-order valence-electron chi connectivity index (χ3n) is 15.7. The molecule has 3 amide bonds. The highest BCUT2D eigenvalue weighted by molar-refractivity contribution is 5.92. The van der Waals surface area contributed by atoms with Crippen molar-refractivity contribution in [1.82, 2.24) is 26.0 Å². The van der Waals surface area contributed by atoms with Gasteiger partial charge in [-0.1, -0.05) is 69.3 Å². The fourth-order valence-electron chi connectivity index (χ4n) is 11.3. The second-order valence-corrected chi connectivity index (χ2v) is 22.5. The monoisotopic (exact) mass is 1100 g/mol. The maximum Gasteiger partial charge on any atom is 0.426 e. The van der Waals surface area contributed by atoms with Crippen molar-refractivity contribution in [3.05, 3.63) is 71.8 Å². The molecule has 2 aromatic carbocycles. The number of hydrogen-bond acceptors (Lipinski definition) is 18. The van der Waals surface area contributed by atoms with Crippen LogP contribution in [0.5, 0.6) is 5.75 Å². The molecule has 3 aliphatic rings. The SMILES string of the molecule is CC[C@@H]1OC(=O)[C@H](C)[C@@H](O[C@H]2C[C@@](C)(OC)[C@@H](OC(=O)NNC(=O)/C=C/c3ccccc3OC)[C@H](C)O2)[C@@H](C)[C@@H](O[C@@H]2O[C@H](C)C[C@H](N(C)C)[C@H]2O)[C@](C)(O)C[C@@H](C)CN(C)[C@H](C)[C@@H](OC(=O)NCc2ccccc2)[C@]1(C)O. The Kier molecular flexibility index (Phi) is 22.9. The van der Waals surface area contributed by atoms with Crippen molar-refractivity contribution in [2.75, 3.05) is 41.9 Å². The van der Waals surface area contributed by atoms with Crippen LogP contribution in [-0.2, 0) is 54.0 Å². The smallest absolute Gasteiger partial charge is 0.426 e. The van der Waals surface area contributed by atoms with Crippen molar-refractivity contribution in [1.29, 1.82) is 0 Å². The summed E-state index contributed by atoms with van der Waals surface area (Å²) < 4.78 is 56.3. The highest BCUT2D eigenvalue weighted by Gasteiger charge is 2.54. The molecule has 0 spiro atoms. The van der Waals surface area contributed by atoms with Crippen molar-refractivity contribution in [3.63, 3.8) is 0 Å². The first-order valence-electron chi connectivity index (χ1n) is 27.1. The number of rotatable bonds is 14. The topological polar surface area (TPSA) is 255 Å². The number of esters is 1. The highest BCUT2D eigenvalue weighted by atomic mass is 16.7. The summed E-state index contributed by atoms with van der Waals surface area (Å²) in [6, 6.07) is 15.4. The number of aliphatic hydroxyl groups excluding tert-OH is 1. The summed E-state index contributed by atoms with van der Waals surface area (Å²) in [5.41, 5.74) is 1.10. The molecule has 3 aliphatic heterocycles. The fraction of sp³-hybridized carbons (Fsp3) is 0.684. The number of alkyl carbamates (subject to hydrolysis) is 1. The number of nitrogens with zero attached hydrogens (tertiary/aromatic N) is 2. The van der Waals surface area contributed by atoms with E-state index in [1.807, 2.05) is 82.0 Å². The van der Waals surface area contributed by atoms with Crippen LogP contribution in [0.15, 0.2) is 60.7 Å². The van der Waals surface area contributed by atoms with Gasteiger partial charge in [-0.2, -0.15) is 0 Å². The third kappa shape index (κ3) is 16.3. The summed E-state index contributed by atoms with van der Waals surface area (Å²) in [6.07, 6.45) is -9.01. The predicted octanol–water partition coefficient (Wildman–Crippen LogP) is 5.32. The summed E-state index contributed by atoms with van der Waals surface area (Å²) in [5.74, 6) is -3.24. The molecular weight excluding hydrogens is 1010 g/mol. The number of cyclic esters (lactones) is 1. The first kappa shape index (κ1) is 63.9. The van der Waals surface area contributed by atoms with Gasteiger partial charge in [-0.3, -0.25) is 19.9 Å². The standard InChI is InChI=1S/C57H89N5O16/c1-16-43-57(10,69)49(77-53(66)58-31-39-22-18-17-19-23-39)37(6)62(13)32-33(2)29-55(8,68)48(76-52-46(64)41(61(11)12)28-34(3)72-52)35(4)47(36(5)51(65)74-43)75-45-30-56(9,71-15)50(38(7)73-45)78-54(67)60-59-44(63)27-26-40-24-20-21-25-42(40)70-14/h17-27,33-38,41,43,45-50,52,64,68-69H,16,28-32H2,1-15H3,(H,58,66)(H,59,63)(H,60,67)/b27-26+/t33-,34-,35-,36-,37-,38+,41+,43+,45+,46-,47+,48-,49-,50+,52+,55-,56-,57-/m1/s1. The average Bonchev–Trinajstić information content (AvgIpc) is 3.42. The van der Waals surface area contributed by atoms with Crippen LogP contribution in [0, 0.1) is 17.8 Å². The lowest BCUT2D eigenvalue weighted by Gasteiger charge is -2.49. The minimum Gasteiger partial charge on any atom is -0.496 e.